The van der Waals surface area contributed by atoms with Crippen LogP contribution in [0.4, 0.5) is 8.78 Å². The van der Waals surface area contributed by atoms with E-state index in [1.54, 1.807) is 0 Å². The Balaban J connectivity index is 3.01. The molecule has 3 nitrogen and oxygen atoms in total. The third-order valence-electron chi connectivity index (χ3n) is 1.30. The van der Waals surface area contributed by atoms with Gasteiger partial charge in [-0.05, 0) is 12.1 Å². The summed E-state index contributed by atoms with van der Waals surface area (Å²) in [7, 11) is 1.46. The van der Waals surface area contributed by atoms with Crippen LogP contribution in [0.2, 0.25) is 0 Å². The van der Waals surface area contributed by atoms with Crippen molar-refractivity contribution in [2.75, 3.05) is 0 Å². The van der Waals surface area contributed by atoms with Crippen molar-refractivity contribution >= 4 is 0 Å². The molecule has 0 aliphatic carbocycles. The lowest BCUT2D eigenvalue weighted by Crippen LogP contribution is -2.19. The first-order valence-electron chi connectivity index (χ1n) is 3.21. The average molecular weight is 175 g/mol. The number of hydrogen-bond donors (Lipinski definition) is 0. The minimum Gasteiger partial charge on any atom is -0.429 e. The molecule has 0 atom stereocenters. The van der Waals surface area contributed by atoms with Crippen molar-refractivity contribution in [3.8, 4) is 5.75 Å². The fraction of sp³-hybridized carbons (Fsp3) is 0.286. The molecular weight excluding hydrogens is 168 g/mol. The van der Waals surface area contributed by atoms with Crippen molar-refractivity contribution in [1.29, 1.82) is 0 Å². The molecule has 0 saturated carbocycles. The summed E-state index contributed by atoms with van der Waals surface area (Å²) in [4.78, 5) is 11.0. The zero-order chi connectivity index (χ0) is 9.14. The molecule has 0 amide bonds. The number of hydrogen-bond acceptors (Lipinski definition) is 2. The van der Waals surface area contributed by atoms with Crippen molar-refractivity contribution in [3.63, 3.8) is 0 Å². The molecule has 0 radical (unpaired) electrons. The average Bonchev–Trinajstić information content (AvgIpc) is 1.98. The van der Waals surface area contributed by atoms with Crippen molar-refractivity contribution < 1.29 is 13.5 Å². The molecule has 66 valence electrons. The second-order valence-corrected chi connectivity index (χ2v) is 2.17. The quantitative estimate of drug-likeness (QED) is 0.671. The van der Waals surface area contributed by atoms with Gasteiger partial charge in [0.1, 0.15) is 0 Å². The lowest BCUT2D eigenvalue weighted by molar-refractivity contribution is -0.0510. The second-order valence-electron chi connectivity index (χ2n) is 2.17. The van der Waals surface area contributed by atoms with Crippen molar-refractivity contribution in [1.82, 2.24) is 4.57 Å². The van der Waals surface area contributed by atoms with Crippen LogP contribution in [0.5, 0.6) is 5.75 Å². The first-order chi connectivity index (χ1) is 5.61. The van der Waals surface area contributed by atoms with E-state index in [-0.39, 0.29) is 5.75 Å². The zero-order valence-corrected chi connectivity index (χ0v) is 6.33. The van der Waals surface area contributed by atoms with Crippen molar-refractivity contribution in [2.45, 2.75) is 6.61 Å². The van der Waals surface area contributed by atoms with Crippen molar-refractivity contribution in [2.24, 2.45) is 7.05 Å². The molecule has 0 fully saturated rings. The van der Waals surface area contributed by atoms with Crippen LogP contribution in [0, 0.1) is 0 Å². The number of halogens is 2. The van der Waals surface area contributed by atoms with Crippen LogP contribution in [-0.2, 0) is 7.05 Å². The van der Waals surface area contributed by atoms with Gasteiger partial charge >= 0.3 is 6.61 Å². The monoisotopic (exact) mass is 175 g/mol. The number of pyridine rings is 1. The van der Waals surface area contributed by atoms with Gasteiger partial charge in [0.05, 0.1) is 0 Å². The molecule has 1 aromatic rings. The summed E-state index contributed by atoms with van der Waals surface area (Å²) in [5.41, 5.74) is -0.571. The Bertz CT molecular complexity index is 321. The molecule has 0 saturated heterocycles. The van der Waals surface area contributed by atoms with E-state index >= 15 is 0 Å². The molecule has 0 spiro atoms. The minimum atomic E-state index is -2.96. The molecule has 12 heavy (non-hydrogen) atoms. The van der Waals surface area contributed by atoms with E-state index in [4.69, 9.17) is 0 Å². The molecule has 1 heterocycles. The first kappa shape index (κ1) is 8.70. The first-order valence-corrected chi connectivity index (χ1v) is 3.21. The Morgan fingerprint density at radius 2 is 2.25 bits per heavy atom. The molecule has 0 aromatic carbocycles. The van der Waals surface area contributed by atoms with Crippen LogP contribution in [0.1, 0.15) is 0 Å². The van der Waals surface area contributed by atoms with E-state index < -0.39 is 12.2 Å². The summed E-state index contributed by atoms with van der Waals surface area (Å²) in [6, 6.07) is 2.66. The molecule has 5 heteroatoms. The largest absolute Gasteiger partial charge is 0.429 e. The molecule has 0 bridgehead atoms. The van der Waals surface area contributed by atoms with Crippen molar-refractivity contribution in [3.05, 3.63) is 28.7 Å². The summed E-state index contributed by atoms with van der Waals surface area (Å²) in [6.07, 6.45) is 1.46. The maximum atomic E-state index is 11.7. The number of nitrogens with zero attached hydrogens (tertiary/aromatic N) is 1. The minimum absolute atomic E-state index is 0.338. The standard InChI is InChI=1S/C7H7F2NO2/c1-10-4-2-3-5(6(10)11)12-7(8)9/h2-4,7H,1H3. The maximum absolute atomic E-state index is 11.7. The van der Waals surface area contributed by atoms with Gasteiger partial charge in [0.2, 0.25) is 0 Å². The second kappa shape index (κ2) is 3.34. The third-order valence-corrected chi connectivity index (χ3v) is 1.30. The van der Waals surface area contributed by atoms with Crippen LogP contribution >= 0.6 is 0 Å². The van der Waals surface area contributed by atoms with Gasteiger partial charge in [-0.1, -0.05) is 0 Å². The fourth-order valence-corrected chi connectivity index (χ4v) is 0.758. The van der Waals surface area contributed by atoms with Crippen LogP contribution in [0.25, 0.3) is 0 Å². The number of rotatable bonds is 2. The van der Waals surface area contributed by atoms with Gasteiger partial charge < -0.3 is 9.30 Å². The predicted octanol–water partition coefficient (Wildman–Crippen LogP) is 0.987. The van der Waals surface area contributed by atoms with Gasteiger partial charge in [0.15, 0.2) is 5.75 Å². The van der Waals surface area contributed by atoms with Crippen LogP contribution in [0.15, 0.2) is 23.1 Å². The Hall–Kier alpha value is -1.39. The lowest BCUT2D eigenvalue weighted by atomic mass is 10.4. The molecule has 0 N–H and O–H groups in total. The molecular formula is C7H7F2NO2. The van der Waals surface area contributed by atoms with Crippen LogP contribution in [-0.4, -0.2) is 11.2 Å². The fourth-order valence-electron chi connectivity index (χ4n) is 0.758. The highest BCUT2D eigenvalue weighted by molar-refractivity contribution is 5.16. The number of alkyl halides is 2. The van der Waals surface area contributed by atoms with E-state index in [9.17, 15) is 13.6 Å². The summed E-state index contributed by atoms with van der Waals surface area (Å²) in [5, 5.41) is 0. The topological polar surface area (TPSA) is 31.2 Å². The maximum Gasteiger partial charge on any atom is 0.387 e. The summed E-state index contributed by atoms with van der Waals surface area (Å²) >= 11 is 0. The van der Waals surface area contributed by atoms with Crippen LogP contribution < -0.4 is 10.3 Å². The SMILES string of the molecule is Cn1cccc(OC(F)F)c1=O. The number of aromatic nitrogens is 1. The highest BCUT2D eigenvalue weighted by Gasteiger charge is 2.07. The normalized spacial score (nSPS) is 10.3. The van der Waals surface area contributed by atoms with E-state index in [1.807, 2.05) is 0 Å². The Morgan fingerprint density at radius 1 is 1.58 bits per heavy atom. The Morgan fingerprint density at radius 3 is 2.83 bits per heavy atom. The summed E-state index contributed by atoms with van der Waals surface area (Å²) in [5.74, 6) is -0.338. The Labute approximate surface area is 67.2 Å². The van der Waals surface area contributed by atoms with Gasteiger partial charge in [-0.3, -0.25) is 4.79 Å². The zero-order valence-electron chi connectivity index (χ0n) is 6.33. The predicted molar refractivity (Wildman–Crippen MR) is 38.3 cm³/mol. The summed E-state index contributed by atoms with van der Waals surface area (Å²) in [6.45, 7) is -2.96. The Kier molecular flexibility index (Phi) is 2.42. The van der Waals surface area contributed by atoms with E-state index in [2.05, 4.69) is 4.74 Å². The number of ether oxygens (including phenoxy) is 1. The van der Waals surface area contributed by atoms with E-state index in [0.717, 1.165) is 4.57 Å². The molecule has 1 aromatic heterocycles. The van der Waals surface area contributed by atoms with E-state index in [0.29, 0.717) is 0 Å². The molecule has 0 unspecified atom stereocenters. The molecule has 1 rings (SSSR count). The van der Waals surface area contributed by atoms with Gasteiger partial charge in [0, 0.05) is 13.2 Å². The lowest BCUT2D eigenvalue weighted by Gasteiger charge is -2.03. The smallest absolute Gasteiger partial charge is 0.387 e. The number of aryl methyl sites for hydroxylation is 1. The van der Waals surface area contributed by atoms with Gasteiger partial charge in [-0.2, -0.15) is 8.78 Å². The van der Waals surface area contributed by atoms with Crippen LogP contribution in [0.3, 0.4) is 0 Å². The molecule has 0 aliphatic rings. The van der Waals surface area contributed by atoms with Gasteiger partial charge in [-0.25, -0.2) is 0 Å². The summed E-state index contributed by atoms with van der Waals surface area (Å²) < 4.78 is 28.4. The highest BCUT2D eigenvalue weighted by Crippen LogP contribution is 2.05. The molecule has 0 aliphatic heterocycles. The van der Waals surface area contributed by atoms with E-state index in [1.165, 1.54) is 25.4 Å². The highest BCUT2D eigenvalue weighted by atomic mass is 19.3. The van der Waals surface area contributed by atoms with Gasteiger partial charge in [-0.15, -0.1) is 0 Å². The third kappa shape index (κ3) is 1.81. The van der Waals surface area contributed by atoms with Gasteiger partial charge in [0.25, 0.3) is 5.56 Å².